The van der Waals surface area contributed by atoms with E-state index in [0.717, 1.165) is 67.1 Å². The van der Waals surface area contributed by atoms with Crippen molar-refractivity contribution in [1.82, 2.24) is 14.5 Å². The Kier molecular flexibility index (Phi) is 9.43. The van der Waals surface area contributed by atoms with Gasteiger partial charge < -0.3 is 9.67 Å². The van der Waals surface area contributed by atoms with Crippen molar-refractivity contribution in [3.05, 3.63) is 95.1 Å². The van der Waals surface area contributed by atoms with Crippen molar-refractivity contribution in [1.29, 1.82) is 0 Å². The lowest BCUT2D eigenvalue weighted by molar-refractivity contribution is 0.235. The van der Waals surface area contributed by atoms with Gasteiger partial charge in [0.25, 0.3) is 0 Å². The molecule has 0 aliphatic carbocycles. The molecule has 4 aromatic rings. The Labute approximate surface area is 226 Å². The van der Waals surface area contributed by atoms with E-state index in [9.17, 15) is 5.11 Å². The van der Waals surface area contributed by atoms with Crippen LogP contribution in [0.3, 0.4) is 0 Å². The van der Waals surface area contributed by atoms with E-state index in [1.807, 2.05) is 6.07 Å². The van der Waals surface area contributed by atoms with Crippen molar-refractivity contribution >= 4 is 11.6 Å². The molecular formula is C32H38ClN3O. The fraction of sp³-hybridized carbons (Fsp3) is 0.344. The van der Waals surface area contributed by atoms with Gasteiger partial charge >= 0.3 is 0 Å². The van der Waals surface area contributed by atoms with Crippen LogP contribution < -0.4 is 0 Å². The minimum Gasteiger partial charge on any atom is -0.508 e. The molecular weight excluding hydrogens is 478 g/mol. The molecule has 0 aliphatic heterocycles. The van der Waals surface area contributed by atoms with E-state index >= 15 is 0 Å². The molecule has 194 valence electrons. The molecule has 0 aliphatic rings. The van der Waals surface area contributed by atoms with Gasteiger partial charge in [0.15, 0.2) is 0 Å². The smallest absolute Gasteiger partial charge is 0.140 e. The zero-order valence-electron chi connectivity index (χ0n) is 22.2. The maximum Gasteiger partial charge on any atom is 0.140 e. The van der Waals surface area contributed by atoms with E-state index in [2.05, 4.69) is 90.9 Å². The normalized spacial score (nSPS) is 11.5. The molecule has 37 heavy (non-hydrogen) atoms. The largest absolute Gasteiger partial charge is 0.508 e. The molecule has 0 spiro atoms. The molecule has 1 N–H and O–H groups in total. The van der Waals surface area contributed by atoms with Crippen LogP contribution >= 0.6 is 11.6 Å². The maximum atomic E-state index is 9.87. The second kappa shape index (κ2) is 12.9. The molecule has 0 atom stereocenters. The summed E-state index contributed by atoms with van der Waals surface area (Å²) in [4.78, 5) is 7.74. The van der Waals surface area contributed by atoms with Crippen LogP contribution in [0.2, 0.25) is 5.02 Å². The summed E-state index contributed by atoms with van der Waals surface area (Å²) in [5.41, 5.74) is 5.57. The quantitative estimate of drug-likeness (QED) is 0.206. The van der Waals surface area contributed by atoms with Gasteiger partial charge in [-0.05, 0) is 43.0 Å². The number of phenolic OH excluding ortho intramolecular Hbond substituents is 1. The van der Waals surface area contributed by atoms with Crippen LogP contribution in [0.25, 0.3) is 22.6 Å². The van der Waals surface area contributed by atoms with Crippen molar-refractivity contribution in [2.24, 2.45) is 5.92 Å². The number of imidazole rings is 1. The summed E-state index contributed by atoms with van der Waals surface area (Å²) in [6.45, 7) is 10.1. The lowest BCUT2D eigenvalue weighted by Crippen LogP contribution is -2.27. The highest BCUT2D eigenvalue weighted by Gasteiger charge is 2.22. The van der Waals surface area contributed by atoms with E-state index in [1.165, 1.54) is 5.69 Å². The van der Waals surface area contributed by atoms with Gasteiger partial charge in [-0.15, -0.1) is 0 Å². The molecule has 5 heteroatoms. The maximum absolute atomic E-state index is 9.87. The minimum atomic E-state index is 0.194. The first-order valence-corrected chi connectivity index (χ1v) is 13.7. The molecule has 1 aromatic heterocycles. The van der Waals surface area contributed by atoms with Crippen LogP contribution in [-0.2, 0) is 19.6 Å². The first-order chi connectivity index (χ1) is 18.0. The highest BCUT2D eigenvalue weighted by molar-refractivity contribution is 6.31. The highest BCUT2D eigenvalue weighted by Crippen LogP contribution is 2.32. The summed E-state index contributed by atoms with van der Waals surface area (Å²) in [5, 5.41) is 10.5. The Morgan fingerprint density at radius 2 is 1.59 bits per heavy atom. The monoisotopic (exact) mass is 515 g/mol. The zero-order chi connectivity index (χ0) is 26.2. The molecule has 0 unspecified atom stereocenters. The minimum absolute atomic E-state index is 0.194. The van der Waals surface area contributed by atoms with Crippen molar-refractivity contribution in [2.75, 3.05) is 6.54 Å². The molecule has 0 saturated carbocycles. The Balaban J connectivity index is 1.80. The van der Waals surface area contributed by atoms with Crippen LogP contribution in [0.15, 0.2) is 78.9 Å². The predicted octanol–water partition coefficient (Wildman–Crippen LogP) is 8.42. The standard InChI is InChI=1S/C32H38ClN3O/c1-4-5-19-36-30(23-35(20-18-24(2)3)22-27-16-17-28(37)21-29(27)33)31(25-12-8-6-9-13-25)34-32(36)26-14-10-7-11-15-26/h6-17,21,24,37H,4-5,18-20,22-23H2,1-3H3. The number of hydrogen-bond acceptors (Lipinski definition) is 3. The summed E-state index contributed by atoms with van der Waals surface area (Å²) >= 11 is 6.55. The predicted molar refractivity (Wildman–Crippen MR) is 155 cm³/mol. The molecule has 0 saturated heterocycles. The van der Waals surface area contributed by atoms with Gasteiger partial charge in [-0.2, -0.15) is 0 Å². The Morgan fingerprint density at radius 1 is 0.919 bits per heavy atom. The van der Waals surface area contributed by atoms with Crippen molar-refractivity contribution in [2.45, 2.75) is 59.7 Å². The molecule has 0 radical (unpaired) electrons. The number of benzene rings is 3. The summed E-state index contributed by atoms with van der Waals surface area (Å²) in [5.74, 6) is 1.81. The third kappa shape index (κ3) is 7.03. The van der Waals surface area contributed by atoms with Gasteiger partial charge in [-0.1, -0.05) is 106 Å². The van der Waals surface area contributed by atoms with Gasteiger partial charge in [0.2, 0.25) is 0 Å². The van der Waals surface area contributed by atoms with Crippen molar-refractivity contribution in [3.8, 4) is 28.4 Å². The van der Waals surface area contributed by atoms with Gasteiger partial charge in [-0.25, -0.2) is 4.98 Å². The third-order valence-corrected chi connectivity index (χ3v) is 7.07. The second-order valence-corrected chi connectivity index (χ2v) is 10.5. The molecule has 0 fully saturated rings. The summed E-state index contributed by atoms with van der Waals surface area (Å²) < 4.78 is 2.43. The summed E-state index contributed by atoms with van der Waals surface area (Å²) in [7, 11) is 0. The average Bonchev–Trinajstić information content (AvgIpc) is 3.26. The molecule has 3 aromatic carbocycles. The zero-order valence-corrected chi connectivity index (χ0v) is 23.0. The van der Waals surface area contributed by atoms with Gasteiger partial charge in [0.1, 0.15) is 11.6 Å². The number of unbranched alkanes of at least 4 members (excludes halogenated alkanes) is 1. The topological polar surface area (TPSA) is 41.3 Å². The van der Waals surface area contributed by atoms with E-state index in [0.29, 0.717) is 17.5 Å². The Morgan fingerprint density at radius 3 is 2.22 bits per heavy atom. The SMILES string of the molecule is CCCCn1c(-c2ccccc2)nc(-c2ccccc2)c1CN(CCC(C)C)Cc1ccc(O)cc1Cl. The van der Waals surface area contributed by atoms with Crippen LogP contribution in [0.4, 0.5) is 0 Å². The Hall–Kier alpha value is -3.08. The average molecular weight is 516 g/mol. The number of nitrogens with zero attached hydrogens (tertiary/aromatic N) is 3. The summed E-state index contributed by atoms with van der Waals surface area (Å²) in [6, 6.07) is 26.3. The lowest BCUT2D eigenvalue weighted by Gasteiger charge is -2.25. The second-order valence-electron chi connectivity index (χ2n) is 10.1. The van der Waals surface area contributed by atoms with E-state index in [4.69, 9.17) is 16.6 Å². The Bertz CT molecular complexity index is 1270. The third-order valence-electron chi connectivity index (χ3n) is 6.71. The molecule has 4 rings (SSSR count). The molecule has 0 bridgehead atoms. The van der Waals surface area contributed by atoms with Gasteiger partial charge in [0.05, 0.1) is 11.4 Å². The molecule has 0 amide bonds. The number of aromatic hydroxyl groups is 1. The molecule has 4 nitrogen and oxygen atoms in total. The first-order valence-electron chi connectivity index (χ1n) is 13.4. The van der Waals surface area contributed by atoms with Crippen LogP contribution in [0.5, 0.6) is 5.75 Å². The van der Waals surface area contributed by atoms with E-state index in [1.54, 1.807) is 12.1 Å². The van der Waals surface area contributed by atoms with E-state index in [-0.39, 0.29) is 5.75 Å². The number of hydrogen-bond donors (Lipinski definition) is 1. The number of phenols is 1. The van der Waals surface area contributed by atoms with Crippen molar-refractivity contribution in [3.63, 3.8) is 0 Å². The highest BCUT2D eigenvalue weighted by atomic mass is 35.5. The van der Waals surface area contributed by atoms with Crippen molar-refractivity contribution < 1.29 is 5.11 Å². The van der Waals surface area contributed by atoms with Crippen LogP contribution in [-0.4, -0.2) is 26.1 Å². The van der Waals surface area contributed by atoms with Gasteiger partial charge in [-0.3, -0.25) is 4.90 Å². The van der Waals surface area contributed by atoms with Crippen LogP contribution in [0, 0.1) is 5.92 Å². The van der Waals surface area contributed by atoms with Gasteiger partial charge in [0, 0.05) is 35.8 Å². The number of aromatic nitrogens is 2. The molecule has 1 heterocycles. The lowest BCUT2D eigenvalue weighted by atomic mass is 10.1. The fourth-order valence-electron chi connectivity index (χ4n) is 4.61. The number of rotatable bonds is 12. The fourth-order valence-corrected chi connectivity index (χ4v) is 4.85. The van der Waals surface area contributed by atoms with Crippen LogP contribution in [0.1, 0.15) is 51.3 Å². The summed E-state index contributed by atoms with van der Waals surface area (Å²) in [6.07, 6.45) is 3.30. The number of halogens is 1. The van der Waals surface area contributed by atoms with E-state index < -0.39 is 0 Å². The first kappa shape index (κ1) is 27.0.